The standard InChI is InChI=1S/C16H19FN4O/c1-19-8-2-9-20(12-11-19)16(22)15-7-10-21(18-15)14-5-3-13(17)4-6-14/h3-7,10H,2,8-9,11-12H2,1H3. The lowest BCUT2D eigenvalue weighted by Crippen LogP contribution is -2.34. The summed E-state index contributed by atoms with van der Waals surface area (Å²) < 4.78 is 14.5. The van der Waals surface area contributed by atoms with E-state index < -0.39 is 0 Å². The van der Waals surface area contributed by atoms with Crippen LogP contribution in [0, 0.1) is 5.82 Å². The molecule has 5 nitrogen and oxygen atoms in total. The van der Waals surface area contributed by atoms with E-state index in [0.717, 1.165) is 38.3 Å². The third kappa shape index (κ3) is 3.17. The molecular weight excluding hydrogens is 283 g/mol. The Balaban J connectivity index is 1.75. The Labute approximate surface area is 128 Å². The second-order valence-electron chi connectivity index (χ2n) is 5.57. The molecule has 22 heavy (non-hydrogen) atoms. The van der Waals surface area contributed by atoms with E-state index in [2.05, 4.69) is 17.0 Å². The third-order valence-corrected chi connectivity index (χ3v) is 3.91. The molecule has 116 valence electrons. The number of hydrogen-bond donors (Lipinski definition) is 0. The highest BCUT2D eigenvalue weighted by atomic mass is 19.1. The number of amides is 1. The van der Waals surface area contributed by atoms with Gasteiger partial charge in [-0.05, 0) is 50.3 Å². The Bertz CT molecular complexity index is 652. The summed E-state index contributed by atoms with van der Waals surface area (Å²) in [6.45, 7) is 3.36. The molecule has 1 amide bonds. The fourth-order valence-electron chi connectivity index (χ4n) is 2.59. The molecule has 0 aliphatic carbocycles. The van der Waals surface area contributed by atoms with Crippen LogP contribution in [-0.2, 0) is 0 Å². The largest absolute Gasteiger partial charge is 0.336 e. The van der Waals surface area contributed by atoms with Crippen LogP contribution < -0.4 is 0 Å². The average Bonchev–Trinajstić information content (AvgIpc) is 2.90. The van der Waals surface area contributed by atoms with E-state index in [1.165, 1.54) is 12.1 Å². The molecule has 3 rings (SSSR count). The van der Waals surface area contributed by atoms with Gasteiger partial charge in [0.25, 0.3) is 5.91 Å². The normalized spacial score (nSPS) is 16.5. The van der Waals surface area contributed by atoms with E-state index in [-0.39, 0.29) is 11.7 Å². The van der Waals surface area contributed by atoms with Gasteiger partial charge in [0.2, 0.25) is 0 Å². The van der Waals surface area contributed by atoms with E-state index in [4.69, 9.17) is 0 Å². The molecule has 1 saturated heterocycles. The Morgan fingerprint density at radius 3 is 2.64 bits per heavy atom. The van der Waals surface area contributed by atoms with Crippen molar-refractivity contribution in [3.8, 4) is 5.69 Å². The van der Waals surface area contributed by atoms with Gasteiger partial charge in [0, 0.05) is 25.8 Å². The molecule has 0 saturated carbocycles. The number of benzene rings is 1. The summed E-state index contributed by atoms with van der Waals surface area (Å²) in [7, 11) is 2.07. The van der Waals surface area contributed by atoms with Gasteiger partial charge < -0.3 is 9.80 Å². The molecule has 2 aromatic rings. The summed E-state index contributed by atoms with van der Waals surface area (Å²) in [5.74, 6) is -0.336. The highest BCUT2D eigenvalue weighted by molar-refractivity contribution is 5.92. The fourth-order valence-corrected chi connectivity index (χ4v) is 2.59. The van der Waals surface area contributed by atoms with Crippen LogP contribution in [0.5, 0.6) is 0 Å². The predicted octanol–water partition coefficient (Wildman–Crippen LogP) is 1.79. The maximum Gasteiger partial charge on any atom is 0.274 e. The second-order valence-corrected chi connectivity index (χ2v) is 5.57. The van der Waals surface area contributed by atoms with Crippen molar-refractivity contribution in [3.05, 3.63) is 48.0 Å². The van der Waals surface area contributed by atoms with Crippen LogP contribution >= 0.6 is 0 Å². The smallest absolute Gasteiger partial charge is 0.274 e. The van der Waals surface area contributed by atoms with Crippen LogP contribution in [0.4, 0.5) is 4.39 Å². The first-order chi connectivity index (χ1) is 10.6. The number of halogens is 1. The van der Waals surface area contributed by atoms with Gasteiger partial charge in [-0.3, -0.25) is 4.79 Å². The topological polar surface area (TPSA) is 41.4 Å². The first-order valence-corrected chi connectivity index (χ1v) is 7.43. The van der Waals surface area contributed by atoms with E-state index in [0.29, 0.717) is 5.69 Å². The van der Waals surface area contributed by atoms with Gasteiger partial charge in [-0.1, -0.05) is 0 Å². The molecule has 2 heterocycles. The molecule has 1 aromatic carbocycles. The highest BCUT2D eigenvalue weighted by Gasteiger charge is 2.20. The quantitative estimate of drug-likeness (QED) is 0.849. The van der Waals surface area contributed by atoms with Crippen molar-refractivity contribution in [1.82, 2.24) is 19.6 Å². The summed E-state index contributed by atoms with van der Waals surface area (Å²) in [6.07, 6.45) is 2.70. The zero-order valence-corrected chi connectivity index (χ0v) is 12.6. The molecular formula is C16H19FN4O. The maximum absolute atomic E-state index is 13.0. The highest BCUT2D eigenvalue weighted by Crippen LogP contribution is 2.11. The molecule has 0 bridgehead atoms. The summed E-state index contributed by atoms with van der Waals surface area (Å²) in [4.78, 5) is 16.6. The van der Waals surface area contributed by atoms with Crippen molar-refractivity contribution in [2.24, 2.45) is 0 Å². The van der Waals surface area contributed by atoms with Gasteiger partial charge in [0.15, 0.2) is 5.69 Å². The monoisotopic (exact) mass is 302 g/mol. The lowest BCUT2D eigenvalue weighted by Gasteiger charge is -2.19. The third-order valence-electron chi connectivity index (χ3n) is 3.91. The van der Waals surface area contributed by atoms with Crippen LogP contribution in [0.15, 0.2) is 36.5 Å². The number of hydrogen-bond acceptors (Lipinski definition) is 3. The van der Waals surface area contributed by atoms with Crippen molar-refractivity contribution in [1.29, 1.82) is 0 Å². The van der Waals surface area contributed by atoms with Crippen LogP contribution in [-0.4, -0.2) is 58.7 Å². The zero-order valence-electron chi connectivity index (χ0n) is 12.6. The van der Waals surface area contributed by atoms with E-state index in [9.17, 15) is 9.18 Å². The van der Waals surface area contributed by atoms with E-state index in [1.54, 1.807) is 29.1 Å². The van der Waals surface area contributed by atoms with Crippen molar-refractivity contribution in [3.63, 3.8) is 0 Å². The predicted molar refractivity (Wildman–Crippen MR) is 81.5 cm³/mol. The molecule has 0 N–H and O–H groups in total. The minimum Gasteiger partial charge on any atom is -0.336 e. The number of carbonyl (C=O) groups excluding carboxylic acids is 1. The molecule has 1 fully saturated rings. The van der Waals surface area contributed by atoms with Crippen LogP contribution in [0.3, 0.4) is 0 Å². The van der Waals surface area contributed by atoms with Crippen molar-refractivity contribution in [2.45, 2.75) is 6.42 Å². The summed E-state index contributed by atoms with van der Waals surface area (Å²) in [5, 5.41) is 4.32. The summed E-state index contributed by atoms with van der Waals surface area (Å²) in [5.41, 5.74) is 1.16. The van der Waals surface area contributed by atoms with Gasteiger partial charge in [0.1, 0.15) is 5.82 Å². The Morgan fingerprint density at radius 1 is 1.09 bits per heavy atom. The molecule has 0 unspecified atom stereocenters. The van der Waals surface area contributed by atoms with Crippen LogP contribution in [0.1, 0.15) is 16.9 Å². The molecule has 0 atom stereocenters. The van der Waals surface area contributed by atoms with Crippen LogP contribution in [0.25, 0.3) is 5.69 Å². The number of rotatable bonds is 2. The second kappa shape index (κ2) is 6.27. The minimum absolute atomic E-state index is 0.0452. The minimum atomic E-state index is -0.291. The molecule has 0 radical (unpaired) electrons. The van der Waals surface area contributed by atoms with Crippen molar-refractivity contribution in [2.75, 3.05) is 33.2 Å². The Kier molecular flexibility index (Phi) is 4.20. The van der Waals surface area contributed by atoms with Gasteiger partial charge >= 0.3 is 0 Å². The molecule has 0 spiro atoms. The Hall–Kier alpha value is -2.21. The number of likely N-dealkylation sites (N-methyl/N-ethyl adjacent to an activating group) is 1. The average molecular weight is 302 g/mol. The zero-order chi connectivity index (χ0) is 15.5. The van der Waals surface area contributed by atoms with Crippen LogP contribution in [0.2, 0.25) is 0 Å². The fraction of sp³-hybridized carbons (Fsp3) is 0.375. The van der Waals surface area contributed by atoms with E-state index >= 15 is 0 Å². The number of aromatic nitrogens is 2. The molecule has 1 aromatic heterocycles. The summed E-state index contributed by atoms with van der Waals surface area (Å²) >= 11 is 0. The van der Waals surface area contributed by atoms with Gasteiger partial charge in [-0.25, -0.2) is 9.07 Å². The molecule has 1 aliphatic rings. The van der Waals surface area contributed by atoms with Crippen molar-refractivity contribution < 1.29 is 9.18 Å². The summed E-state index contributed by atoms with van der Waals surface area (Å²) in [6, 6.07) is 7.74. The lowest BCUT2D eigenvalue weighted by molar-refractivity contribution is 0.0756. The molecule has 6 heteroatoms. The Morgan fingerprint density at radius 2 is 1.86 bits per heavy atom. The van der Waals surface area contributed by atoms with Gasteiger partial charge in [0.05, 0.1) is 5.69 Å². The van der Waals surface area contributed by atoms with Gasteiger partial charge in [-0.2, -0.15) is 5.10 Å². The first kappa shape index (κ1) is 14.7. The first-order valence-electron chi connectivity index (χ1n) is 7.43. The number of carbonyl (C=O) groups is 1. The maximum atomic E-state index is 13.0. The number of nitrogens with zero attached hydrogens (tertiary/aromatic N) is 4. The SMILES string of the molecule is CN1CCCN(C(=O)c2ccn(-c3ccc(F)cc3)n2)CC1. The molecule has 1 aliphatic heterocycles. The lowest BCUT2D eigenvalue weighted by atomic mass is 10.3. The van der Waals surface area contributed by atoms with E-state index in [1.807, 2.05) is 4.90 Å². The van der Waals surface area contributed by atoms with Gasteiger partial charge in [-0.15, -0.1) is 0 Å². The van der Waals surface area contributed by atoms with Crippen molar-refractivity contribution >= 4 is 5.91 Å².